The average molecular weight is 1750 g/mol. The predicted octanol–water partition coefficient (Wildman–Crippen LogP) is 37.3. The second-order valence-electron chi connectivity index (χ2n) is 36.2. The summed E-state index contributed by atoms with van der Waals surface area (Å²) < 4.78 is 4.86. The molecule has 138 heavy (non-hydrogen) atoms. The first kappa shape index (κ1) is 80.6. The predicted molar refractivity (Wildman–Crippen MR) is 586 cm³/mol. The van der Waals surface area contributed by atoms with Crippen molar-refractivity contribution in [3.8, 4) is 123 Å². The Hall–Kier alpha value is -18.2. The van der Waals surface area contributed by atoms with Gasteiger partial charge in [-0.1, -0.05) is 370 Å². The van der Waals surface area contributed by atoms with E-state index in [1.54, 1.807) is 0 Å². The van der Waals surface area contributed by atoms with E-state index in [4.69, 9.17) is 0 Å². The molecular formula is C134H88N4. The molecule has 0 aliphatic heterocycles. The maximum absolute atomic E-state index is 2.47. The molecule has 0 radical (unpaired) electrons. The van der Waals surface area contributed by atoms with Gasteiger partial charge in [0.25, 0.3) is 0 Å². The second-order valence-corrected chi connectivity index (χ2v) is 36.2. The largest absolute Gasteiger partial charge is 0.310 e. The molecular weight excluding hydrogens is 1670 g/mol. The quantitative estimate of drug-likeness (QED) is 0.0796. The van der Waals surface area contributed by atoms with Crippen molar-refractivity contribution in [3.05, 3.63) is 534 Å². The van der Waals surface area contributed by atoms with Crippen LogP contribution in [0.5, 0.6) is 0 Å². The van der Waals surface area contributed by atoms with Crippen LogP contribution in [0.25, 0.3) is 220 Å². The summed E-state index contributed by atoms with van der Waals surface area (Å²) in [6, 6.07) is 197. The van der Waals surface area contributed by atoms with Crippen LogP contribution >= 0.6 is 0 Å². The molecule has 0 atom stereocenters. The first-order valence-corrected chi connectivity index (χ1v) is 47.6. The fourth-order valence-electron chi connectivity index (χ4n) is 21.7. The zero-order chi connectivity index (χ0) is 91.1. The molecule has 4 heteroatoms. The Morgan fingerprint density at radius 2 is 0.442 bits per heavy atom. The molecule has 26 aromatic rings. The van der Waals surface area contributed by atoms with E-state index in [0.717, 1.165) is 123 Å². The Balaban J connectivity index is 0.525. The monoisotopic (exact) mass is 1750 g/mol. The fourth-order valence-corrected chi connectivity index (χ4v) is 21.7. The molecule has 2 aromatic heterocycles. The molecule has 24 aromatic carbocycles. The van der Waals surface area contributed by atoms with Crippen LogP contribution in [0.4, 0.5) is 34.1 Å². The molecule has 0 N–H and O–H groups in total. The van der Waals surface area contributed by atoms with Gasteiger partial charge in [0.05, 0.1) is 22.1 Å². The van der Waals surface area contributed by atoms with Crippen molar-refractivity contribution in [2.24, 2.45) is 0 Å². The number of hydrogen-bond acceptors (Lipinski definition) is 2. The molecule has 2 heterocycles. The van der Waals surface area contributed by atoms with E-state index in [1.807, 2.05) is 0 Å². The number of fused-ring (bicyclic) bond motifs is 13. The summed E-state index contributed by atoms with van der Waals surface area (Å²) in [6.45, 7) is 0. The van der Waals surface area contributed by atoms with Crippen LogP contribution in [0, 0.1) is 0 Å². The third kappa shape index (κ3) is 14.4. The van der Waals surface area contributed by atoms with Gasteiger partial charge in [0.1, 0.15) is 0 Å². The van der Waals surface area contributed by atoms with Crippen LogP contribution in [-0.2, 0) is 0 Å². The summed E-state index contributed by atoms with van der Waals surface area (Å²) in [5.41, 5.74) is 36.5. The van der Waals surface area contributed by atoms with Crippen molar-refractivity contribution < 1.29 is 0 Å². The number of rotatable bonds is 18. The molecule has 0 amide bonds. The number of nitrogens with zero attached hydrogens (tertiary/aromatic N) is 4. The minimum Gasteiger partial charge on any atom is -0.310 e. The Kier molecular flexibility index (Phi) is 19.9. The van der Waals surface area contributed by atoms with Gasteiger partial charge in [-0.15, -0.1) is 0 Å². The number of aromatic nitrogens is 2. The maximum atomic E-state index is 2.47. The van der Waals surface area contributed by atoms with Crippen molar-refractivity contribution >= 4 is 132 Å². The lowest BCUT2D eigenvalue weighted by molar-refractivity contribution is 1.18. The highest BCUT2D eigenvalue weighted by atomic mass is 15.1. The number of para-hydroxylation sites is 3. The van der Waals surface area contributed by atoms with Gasteiger partial charge in [-0.05, 0) is 329 Å². The molecule has 0 fully saturated rings. The van der Waals surface area contributed by atoms with E-state index in [-0.39, 0.29) is 0 Å². The van der Waals surface area contributed by atoms with Crippen molar-refractivity contribution in [2.75, 3.05) is 9.80 Å². The van der Waals surface area contributed by atoms with Gasteiger partial charge in [-0.2, -0.15) is 0 Å². The van der Waals surface area contributed by atoms with E-state index >= 15 is 0 Å². The van der Waals surface area contributed by atoms with Crippen molar-refractivity contribution in [1.29, 1.82) is 0 Å². The number of benzene rings is 24. The standard InChI is InChI=1S/C134H88N4/c1-4-29-89(30-5-1)107-80-108(90-31-6-2-7-32-90)85-116(84-107)136(112-75-69-93(70-76-112)126-87-105-35-12-13-48-117(105)120-49-14-15-50-121(120)126)114-46-25-39-99(82-114)97-37-23-42-104(79-97)119-56-28-60-132-134(119)125-54-19-21-58-130(125)138(132)115-47-26-40-100(83-115)102-63-64-106-88-127(122-51-16-17-52-123(122)128(106)86-102)94-67-73-111(74-68-94)135(110-71-65-92(66-72-110)101-62-61-91-33-10-11-34-95(91)77-101)113-45-24-38-98(81-113)96-36-22-41-103(78-96)118-55-27-59-131-133(118)124-53-18-20-57-129(124)137(131)109-43-8-3-9-44-109/h1-88H. The normalized spacial score (nSPS) is 11.6. The number of hydrogen-bond donors (Lipinski definition) is 0. The summed E-state index contributed by atoms with van der Waals surface area (Å²) in [5.74, 6) is 0. The summed E-state index contributed by atoms with van der Waals surface area (Å²) in [5, 5.41) is 17.1. The summed E-state index contributed by atoms with van der Waals surface area (Å²) >= 11 is 0. The zero-order valence-corrected chi connectivity index (χ0v) is 75.6. The van der Waals surface area contributed by atoms with Crippen LogP contribution in [0.2, 0.25) is 0 Å². The molecule has 0 aliphatic rings. The Labute approximate surface area is 801 Å². The third-order valence-corrected chi connectivity index (χ3v) is 28.2. The average Bonchev–Trinajstić information content (AvgIpc) is 1.12. The van der Waals surface area contributed by atoms with Crippen LogP contribution in [0.15, 0.2) is 534 Å². The minimum atomic E-state index is 1.05. The summed E-state index contributed by atoms with van der Waals surface area (Å²) in [7, 11) is 0. The molecule has 0 saturated heterocycles. The van der Waals surface area contributed by atoms with E-state index in [2.05, 4.69) is 553 Å². The van der Waals surface area contributed by atoms with Gasteiger partial charge in [0.2, 0.25) is 0 Å². The first-order chi connectivity index (χ1) is 68.4. The van der Waals surface area contributed by atoms with E-state index in [0.29, 0.717) is 0 Å². The molecule has 0 unspecified atom stereocenters. The van der Waals surface area contributed by atoms with E-state index in [1.165, 1.54) is 131 Å². The van der Waals surface area contributed by atoms with Crippen molar-refractivity contribution in [1.82, 2.24) is 9.13 Å². The van der Waals surface area contributed by atoms with Crippen LogP contribution < -0.4 is 9.80 Å². The topological polar surface area (TPSA) is 16.3 Å². The highest BCUT2D eigenvalue weighted by molar-refractivity contribution is 6.19. The lowest BCUT2D eigenvalue weighted by Gasteiger charge is -2.27. The Morgan fingerprint density at radius 3 is 0.978 bits per heavy atom. The highest BCUT2D eigenvalue weighted by Gasteiger charge is 2.25. The lowest BCUT2D eigenvalue weighted by atomic mass is 9.91. The van der Waals surface area contributed by atoms with Gasteiger partial charge in [0, 0.05) is 67.0 Å². The smallest absolute Gasteiger partial charge is 0.0547 e. The molecule has 4 nitrogen and oxygen atoms in total. The molecule has 644 valence electrons. The first-order valence-electron chi connectivity index (χ1n) is 47.6. The van der Waals surface area contributed by atoms with Crippen molar-refractivity contribution in [2.45, 2.75) is 0 Å². The van der Waals surface area contributed by atoms with E-state index in [9.17, 15) is 0 Å². The Bertz CT molecular complexity index is 9190. The summed E-state index contributed by atoms with van der Waals surface area (Å²) in [6.07, 6.45) is 0. The fraction of sp³-hybridized carbons (Fsp3) is 0. The van der Waals surface area contributed by atoms with Gasteiger partial charge >= 0.3 is 0 Å². The van der Waals surface area contributed by atoms with Gasteiger partial charge in [0.15, 0.2) is 0 Å². The molecule has 0 bridgehead atoms. The van der Waals surface area contributed by atoms with Crippen molar-refractivity contribution in [3.63, 3.8) is 0 Å². The SMILES string of the molecule is c1ccc(-c2cc(-c3ccccc3)cc(N(c3ccc(-c4cc5ccccc5c5ccccc45)cc3)c3cccc(-c4cccc(-c5cccc6c5c5ccccc5n6-c5cccc(-c6ccc7cc(-c8ccc(N(c9ccc(-c%10ccc%11ccccc%11c%10)cc9)c9cccc(-c%10cccc(-c%11cccc%12c%11c%11ccccc%11n%12-c%11ccccc%11)c%10)c9)cc8)c8ccccc8c7c6)c5)c4)c3)c2)cc1. The maximum Gasteiger partial charge on any atom is 0.0547 e. The lowest BCUT2D eigenvalue weighted by Crippen LogP contribution is -2.10. The molecule has 0 saturated carbocycles. The Morgan fingerprint density at radius 1 is 0.123 bits per heavy atom. The highest BCUT2D eigenvalue weighted by Crippen LogP contribution is 2.49. The molecule has 26 rings (SSSR count). The van der Waals surface area contributed by atoms with Crippen LogP contribution in [0.3, 0.4) is 0 Å². The van der Waals surface area contributed by atoms with Crippen LogP contribution in [-0.4, -0.2) is 9.13 Å². The van der Waals surface area contributed by atoms with Gasteiger partial charge < -0.3 is 18.9 Å². The van der Waals surface area contributed by atoms with E-state index < -0.39 is 0 Å². The van der Waals surface area contributed by atoms with Gasteiger partial charge in [-0.25, -0.2) is 0 Å². The van der Waals surface area contributed by atoms with Gasteiger partial charge in [-0.3, -0.25) is 0 Å². The second kappa shape index (κ2) is 34.1. The third-order valence-electron chi connectivity index (χ3n) is 28.2. The zero-order valence-electron chi connectivity index (χ0n) is 75.6. The summed E-state index contributed by atoms with van der Waals surface area (Å²) in [4.78, 5) is 4.85. The number of anilines is 6. The minimum absolute atomic E-state index is 1.05. The molecule has 0 spiro atoms. The van der Waals surface area contributed by atoms with Crippen LogP contribution in [0.1, 0.15) is 0 Å². The molecule has 0 aliphatic carbocycles.